The summed E-state index contributed by atoms with van der Waals surface area (Å²) in [5.41, 5.74) is 3.85. The minimum atomic E-state index is -0.0957. The van der Waals surface area contributed by atoms with E-state index in [1.165, 1.54) is 0 Å². The Morgan fingerprint density at radius 1 is 1.04 bits per heavy atom. The summed E-state index contributed by atoms with van der Waals surface area (Å²) in [4.78, 5) is 12.4. The average molecular weight is 332 g/mol. The summed E-state index contributed by atoms with van der Waals surface area (Å²) in [6.45, 7) is 6.48. The predicted octanol–water partition coefficient (Wildman–Crippen LogP) is 5.49. The van der Waals surface area contributed by atoms with Crippen molar-refractivity contribution in [3.05, 3.63) is 71.9 Å². The van der Waals surface area contributed by atoms with Crippen molar-refractivity contribution in [3.63, 3.8) is 0 Å². The number of fused-ring (bicyclic) bond motifs is 1. The van der Waals surface area contributed by atoms with Crippen LogP contribution in [0.5, 0.6) is 0 Å². The Morgan fingerprint density at radius 3 is 2.44 bits per heavy atom. The first-order valence-electron chi connectivity index (χ1n) is 8.48. The van der Waals surface area contributed by atoms with Crippen molar-refractivity contribution in [2.75, 3.05) is 5.32 Å². The Balaban J connectivity index is 1.72. The van der Waals surface area contributed by atoms with Gasteiger partial charge >= 0.3 is 0 Å². The normalized spacial score (nSPS) is 12.0. The zero-order valence-electron chi connectivity index (χ0n) is 15.2. The molecule has 0 bridgehead atoms. The summed E-state index contributed by atoms with van der Waals surface area (Å²) >= 11 is 0. The zero-order chi connectivity index (χ0) is 18.0. The number of hydrogen-bond acceptors (Lipinski definition) is 1. The molecule has 0 fully saturated rings. The van der Waals surface area contributed by atoms with Crippen LogP contribution in [-0.4, -0.2) is 10.5 Å². The maximum Gasteiger partial charge on any atom is 0.255 e. The second-order valence-corrected chi connectivity index (χ2v) is 7.48. The van der Waals surface area contributed by atoms with Crippen LogP contribution in [-0.2, 0) is 7.05 Å². The van der Waals surface area contributed by atoms with Gasteiger partial charge in [-0.15, -0.1) is 0 Å². The topological polar surface area (TPSA) is 34.0 Å². The highest BCUT2D eigenvalue weighted by molar-refractivity contribution is 6.05. The van der Waals surface area contributed by atoms with E-state index in [-0.39, 0.29) is 11.3 Å². The number of nitrogens with zero attached hydrogens (tertiary/aromatic N) is 1. The number of aryl methyl sites for hydroxylation is 1. The third-order valence-electron chi connectivity index (χ3n) is 4.09. The molecule has 1 heterocycles. The van der Waals surface area contributed by atoms with Crippen molar-refractivity contribution in [2.45, 2.75) is 20.8 Å². The molecule has 3 nitrogen and oxygen atoms in total. The lowest BCUT2D eigenvalue weighted by molar-refractivity contribution is 0.102. The van der Waals surface area contributed by atoms with Crippen LogP contribution in [0.1, 0.15) is 36.7 Å². The van der Waals surface area contributed by atoms with Crippen LogP contribution in [0.25, 0.3) is 17.0 Å². The van der Waals surface area contributed by atoms with Crippen LogP contribution in [0.15, 0.2) is 60.8 Å². The first-order chi connectivity index (χ1) is 11.8. The minimum absolute atomic E-state index is 0.0957. The second kappa shape index (κ2) is 6.60. The van der Waals surface area contributed by atoms with E-state index in [0.29, 0.717) is 5.56 Å². The number of hydrogen-bond donors (Lipinski definition) is 1. The second-order valence-electron chi connectivity index (χ2n) is 7.48. The van der Waals surface area contributed by atoms with E-state index < -0.39 is 0 Å². The Labute approximate surface area is 149 Å². The molecule has 0 aliphatic carbocycles. The molecule has 0 aliphatic heterocycles. The highest BCUT2D eigenvalue weighted by atomic mass is 16.1. The van der Waals surface area contributed by atoms with Crippen LogP contribution in [0.4, 0.5) is 5.69 Å². The summed E-state index contributed by atoms with van der Waals surface area (Å²) in [7, 11) is 2.01. The van der Waals surface area contributed by atoms with Crippen LogP contribution in [0.2, 0.25) is 0 Å². The SMILES string of the molecule is Cn1ccc2cc(NC(=O)c3ccc(C=CC(C)(C)C)cc3)ccc21. The maximum atomic E-state index is 12.4. The molecule has 0 saturated carbocycles. The van der Waals surface area contributed by atoms with Gasteiger partial charge in [-0.25, -0.2) is 0 Å². The molecule has 3 aromatic rings. The van der Waals surface area contributed by atoms with E-state index in [4.69, 9.17) is 0 Å². The number of amides is 1. The molecular weight excluding hydrogens is 308 g/mol. The van der Waals surface area contributed by atoms with Crippen LogP contribution in [0.3, 0.4) is 0 Å². The van der Waals surface area contributed by atoms with Crippen LogP contribution in [0, 0.1) is 5.41 Å². The molecule has 0 saturated heterocycles. The number of nitrogens with one attached hydrogen (secondary N) is 1. The number of carbonyl (C=O) groups is 1. The molecule has 0 aliphatic rings. The van der Waals surface area contributed by atoms with Gasteiger partial charge in [-0.05, 0) is 47.4 Å². The number of benzene rings is 2. The zero-order valence-corrected chi connectivity index (χ0v) is 15.2. The van der Waals surface area contributed by atoms with Crippen LogP contribution < -0.4 is 5.32 Å². The van der Waals surface area contributed by atoms with Crippen molar-refractivity contribution >= 4 is 28.6 Å². The Kier molecular flexibility index (Phi) is 4.49. The van der Waals surface area contributed by atoms with E-state index in [1.54, 1.807) is 0 Å². The Morgan fingerprint density at radius 2 is 1.76 bits per heavy atom. The van der Waals surface area contributed by atoms with E-state index in [0.717, 1.165) is 22.2 Å². The van der Waals surface area contributed by atoms with Gasteiger partial charge < -0.3 is 9.88 Å². The quantitative estimate of drug-likeness (QED) is 0.676. The van der Waals surface area contributed by atoms with Crippen LogP contribution >= 0.6 is 0 Å². The number of carbonyl (C=O) groups excluding carboxylic acids is 1. The summed E-state index contributed by atoms with van der Waals surface area (Å²) in [5.74, 6) is -0.0957. The van der Waals surface area contributed by atoms with Gasteiger partial charge in [0.05, 0.1) is 0 Å². The van der Waals surface area contributed by atoms with E-state index in [2.05, 4.69) is 42.8 Å². The lowest BCUT2D eigenvalue weighted by Gasteiger charge is -2.11. The fraction of sp³-hybridized carbons (Fsp3) is 0.227. The van der Waals surface area contributed by atoms with Gasteiger partial charge in [-0.1, -0.05) is 45.1 Å². The van der Waals surface area contributed by atoms with Gasteiger partial charge in [0.15, 0.2) is 0 Å². The first kappa shape index (κ1) is 17.0. The minimum Gasteiger partial charge on any atom is -0.351 e. The summed E-state index contributed by atoms with van der Waals surface area (Å²) in [6, 6.07) is 15.6. The fourth-order valence-corrected chi connectivity index (χ4v) is 2.65. The van der Waals surface area contributed by atoms with Gasteiger partial charge in [-0.3, -0.25) is 4.79 Å². The molecule has 1 N–H and O–H groups in total. The monoisotopic (exact) mass is 332 g/mol. The molecular formula is C22H24N2O. The van der Waals surface area contributed by atoms with E-state index in [9.17, 15) is 4.79 Å². The van der Waals surface area contributed by atoms with Crippen molar-refractivity contribution < 1.29 is 4.79 Å². The summed E-state index contributed by atoms with van der Waals surface area (Å²) < 4.78 is 2.06. The molecule has 3 heteroatoms. The molecule has 3 rings (SSSR count). The lowest BCUT2D eigenvalue weighted by Crippen LogP contribution is -2.11. The molecule has 0 radical (unpaired) electrons. The van der Waals surface area contributed by atoms with E-state index in [1.807, 2.05) is 61.8 Å². The molecule has 0 atom stereocenters. The van der Waals surface area contributed by atoms with Crippen molar-refractivity contribution in [3.8, 4) is 0 Å². The Hall–Kier alpha value is -2.81. The van der Waals surface area contributed by atoms with Gasteiger partial charge in [0, 0.05) is 35.4 Å². The van der Waals surface area contributed by atoms with Crippen molar-refractivity contribution in [1.82, 2.24) is 4.57 Å². The van der Waals surface area contributed by atoms with Gasteiger partial charge in [-0.2, -0.15) is 0 Å². The molecule has 2 aromatic carbocycles. The van der Waals surface area contributed by atoms with Gasteiger partial charge in [0.25, 0.3) is 5.91 Å². The number of anilines is 1. The first-order valence-corrected chi connectivity index (χ1v) is 8.48. The van der Waals surface area contributed by atoms with Gasteiger partial charge in [0.1, 0.15) is 0 Å². The molecule has 1 amide bonds. The summed E-state index contributed by atoms with van der Waals surface area (Å²) in [6.07, 6.45) is 6.27. The standard InChI is InChI=1S/C22H24N2O/c1-22(2,3)13-11-16-5-7-17(8-6-16)21(25)23-19-9-10-20-18(15-19)12-14-24(20)4/h5-15H,1-4H3,(H,23,25). The molecule has 128 valence electrons. The molecule has 0 spiro atoms. The van der Waals surface area contributed by atoms with Crippen molar-refractivity contribution in [1.29, 1.82) is 0 Å². The maximum absolute atomic E-state index is 12.4. The number of allylic oxidation sites excluding steroid dienone is 1. The third kappa shape index (κ3) is 4.18. The highest BCUT2D eigenvalue weighted by Gasteiger charge is 2.08. The largest absolute Gasteiger partial charge is 0.351 e. The molecule has 1 aromatic heterocycles. The Bertz CT molecular complexity index is 925. The fourth-order valence-electron chi connectivity index (χ4n) is 2.65. The molecule has 25 heavy (non-hydrogen) atoms. The number of rotatable bonds is 3. The average Bonchev–Trinajstić information content (AvgIpc) is 2.93. The number of aromatic nitrogens is 1. The highest BCUT2D eigenvalue weighted by Crippen LogP contribution is 2.21. The van der Waals surface area contributed by atoms with E-state index >= 15 is 0 Å². The van der Waals surface area contributed by atoms with Gasteiger partial charge in [0.2, 0.25) is 0 Å². The predicted molar refractivity (Wildman–Crippen MR) is 106 cm³/mol. The van der Waals surface area contributed by atoms with Crippen molar-refractivity contribution in [2.24, 2.45) is 12.5 Å². The lowest BCUT2D eigenvalue weighted by atomic mass is 9.95. The smallest absolute Gasteiger partial charge is 0.255 e. The molecule has 0 unspecified atom stereocenters. The third-order valence-corrected chi connectivity index (χ3v) is 4.09. The summed E-state index contributed by atoms with van der Waals surface area (Å²) in [5, 5.41) is 4.08.